The van der Waals surface area contributed by atoms with E-state index in [0.29, 0.717) is 17.0 Å². The summed E-state index contributed by atoms with van der Waals surface area (Å²) < 4.78 is 39.6. The van der Waals surface area contributed by atoms with E-state index in [1.54, 1.807) is 60.7 Å². The first-order valence-electron chi connectivity index (χ1n) is 9.02. The van der Waals surface area contributed by atoms with Gasteiger partial charge in [0.1, 0.15) is 23.1 Å². The van der Waals surface area contributed by atoms with Gasteiger partial charge in [0.2, 0.25) is 6.86 Å². The zero-order valence-electron chi connectivity index (χ0n) is 16.0. The molecule has 0 amide bonds. The van der Waals surface area contributed by atoms with Crippen LogP contribution in [0.25, 0.3) is 16.8 Å². The van der Waals surface area contributed by atoms with Crippen LogP contribution in [0, 0.1) is 5.82 Å². The van der Waals surface area contributed by atoms with Gasteiger partial charge in [-0.25, -0.2) is 8.78 Å². The van der Waals surface area contributed by atoms with Crippen LogP contribution in [-0.2, 0) is 7.05 Å². The van der Waals surface area contributed by atoms with E-state index in [-0.39, 0.29) is 17.1 Å². The fourth-order valence-corrected chi connectivity index (χ4v) is 3.00. The molecule has 0 saturated carbocycles. The number of pyridine rings is 1. The fraction of sp³-hybridized carbons (Fsp3) is 0.0909. The van der Waals surface area contributed by atoms with Crippen molar-refractivity contribution in [3.8, 4) is 34.1 Å². The maximum absolute atomic E-state index is 13.6. The van der Waals surface area contributed by atoms with Crippen LogP contribution in [0.2, 0.25) is 0 Å². The third kappa shape index (κ3) is 4.07. The van der Waals surface area contributed by atoms with Gasteiger partial charge in [0.15, 0.2) is 0 Å². The van der Waals surface area contributed by atoms with E-state index in [1.165, 1.54) is 28.8 Å². The van der Waals surface area contributed by atoms with Crippen LogP contribution >= 0.6 is 0 Å². The molecule has 0 radical (unpaired) electrons. The third-order valence-electron chi connectivity index (χ3n) is 4.39. The lowest BCUT2D eigenvalue weighted by atomic mass is 10.1. The molecular weight excluding hydrogens is 392 g/mol. The maximum atomic E-state index is 13.6. The van der Waals surface area contributed by atoms with Crippen LogP contribution in [0.5, 0.6) is 17.2 Å². The highest BCUT2D eigenvalue weighted by atomic mass is 19.1. The summed E-state index contributed by atoms with van der Waals surface area (Å²) in [4.78, 5) is 12.8. The monoisotopic (exact) mass is 409 g/mol. The molecule has 0 saturated heterocycles. The van der Waals surface area contributed by atoms with Crippen molar-refractivity contribution in [2.24, 2.45) is 7.05 Å². The van der Waals surface area contributed by atoms with Gasteiger partial charge in [-0.05, 0) is 36.4 Å². The molecule has 2 aromatic carbocycles. The molecule has 2 heterocycles. The molecule has 0 aliphatic carbocycles. The number of alkyl halides is 1. The number of benzene rings is 2. The Morgan fingerprint density at radius 2 is 1.83 bits per heavy atom. The van der Waals surface area contributed by atoms with Crippen molar-refractivity contribution >= 4 is 0 Å². The van der Waals surface area contributed by atoms with E-state index in [4.69, 9.17) is 9.47 Å². The summed E-state index contributed by atoms with van der Waals surface area (Å²) in [6.07, 6.45) is 5.04. The Morgan fingerprint density at radius 1 is 1.03 bits per heavy atom. The van der Waals surface area contributed by atoms with Gasteiger partial charge < -0.3 is 9.47 Å². The molecule has 4 aromatic rings. The highest BCUT2D eigenvalue weighted by Crippen LogP contribution is 2.32. The highest BCUT2D eigenvalue weighted by molar-refractivity contribution is 5.69. The van der Waals surface area contributed by atoms with Crippen molar-refractivity contribution < 1.29 is 18.3 Å². The smallest absolute Gasteiger partial charge is 0.258 e. The predicted octanol–water partition coefficient (Wildman–Crippen LogP) is 4.48. The molecule has 0 unspecified atom stereocenters. The number of aryl methyl sites for hydroxylation is 1. The summed E-state index contributed by atoms with van der Waals surface area (Å²) in [6.45, 7) is -0.934. The minimum Gasteiger partial charge on any atom is -0.463 e. The van der Waals surface area contributed by atoms with E-state index >= 15 is 0 Å². The van der Waals surface area contributed by atoms with Crippen LogP contribution in [0.15, 0.2) is 78.0 Å². The van der Waals surface area contributed by atoms with Crippen molar-refractivity contribution in [3.05, 3.63) is 89.4 Å². The van der Waals surface area contributed by atoms with Crippen LogP contribution in [0.3, 0.4) is 0 Å². The maximum Gasteiger partial charge on any atom is 0.258 e. The third-order valence-corrected chi connectivity index (χ3v) is 4.39. The largest absolute Gasteiger partial charge is 0.463 e. The average molecular weight is 409 g/mol. The van der Waals surface area contributed by atoms with Crippen LogP contribution in [0.4, 0.5) is 8.78 Å². The van der Waals surface area contributed by atoms with E-state index in [0.717, 1.165) is 5.56 Å². The summed E-state index contributed by atoms with van der Waals surface area (Å²) in [5, 5.41) is 4.17. The van der Waals surface area contributed by atoms with Crippen molar-refractivity contribution in [1.82, 2.24) is 14.3 Å². The predicted molar refractivity (Wildman–Crippen MR) is 107 cm³/mol. The summed E-state index contributed by atoms with van der Waals surface area (Å²) in [6, 6.07) is 13.4. The molecule has 2 aromatic heterocycles. The first-order valence-corrected chi connectivity index (χ1v) is 9.02. The minimum absolute atomic E-state index is 0.269. The van der Waals surface area contributed by atoms with Gasteiger partial charge in [-0.3, -0.25) is 14.0 Å². The van der Waals surface area contributed by atoms with Crippen molar-refractivity contribution in [3.63, 3.8) is 0 Å². The molecular formula is C22H17F2N3O3. The zero-order valence-corrected chi connectivity index (χ0v) is 16.0. The molecule has 0 atom stereocenters. The fourth-order valence-electron chi connectivity index (χ4n) is 3.00. The number of hydrogen-bond acceptors (Lipinski definition) is 4. The van der Waals surface area contributed by atoms with Gasteiger partial charge in [0.05, 0.1) is 6.20 Å². The molecule has 0 N–H and O–H groups in total. The molecule has 6 nitrogen and oxygen atoms in total. The van der Waals surface area contributed by atoms with Crippen LogP contribution < -0.4 is 15.0 Å². The molecule has 8 heteroatoms. The van der Waals surface area contributed by atoms with Crippen molar-refractivity contribution in [2.45, 2.75) is 0 Å². The lowest BCUT2D eigenvalue weighted by Crippen LogP contribution is -2.17. The second kappa shape index (κ2) is 8.20. The number of aromatic nitrogens is 3. The molecule has 0 bridgehead atoms. The molecule has 0 aliphatic rings. The summed E-state index contributed by atoms with van der Waals surface area (Å²) >= 11 is 0. The standard InChI is InChI=1S/C22H17F2N3O3/c1-26-12-15(11-25-26)20-13-27(17-5-7-18(8-6-17)29-14-23)22(28)10-21(20)30-19-4-2-3-16(24)9-19/h2-13H,14H2,1H3. The molecule has 0 spiro atoms. The molecule has 4 rings (SSSR count). The molecule has 152 valence electrons. The van der Waals surface area contributed by atoms with Crippen LogP contribution in [-0.4, -0.2) is 21.2 Å². The SMILES string of the molecule is Cn1cc(-c2cn(-c3ccc(OCF)cc3)c(=O)cc2Oc2cccc(F)c2)cn1. The quantitative estimate of drug-likeness (QED) is 0.471. The van der Waals surface area contributed by atoms with Gasteiger partial charge in [-0.15, -0.1) is 0 Å². The van der Waals surface area contributed by atoms with Crippen LogP contribution in [0.1, 0.15) is 0 Å². The molecule has 0 fully saturated rings. The highest BCUT2D eigenvalue weighted by Gasteiger charge is 2.14. The first kappa shape index (κ1) is 19.4. The topological polar surface area (TPSA) is 58.3 Å². The van der Waals surface area contributed by atoms with E-state index in [9.17, 15) is 13.6 Å². The lowest BCUT2D eigenvalue weighted by Gasteiger charge is -2.14. The van der Waals surface area contributed by atoms with E-state index in [2.05, 4.69) is 5.10 Å². The number of nitrogens with zero attached hydrogens (tertiary/aromatic N) is 3. The number of ether oxygens (including phenoxy) is 2. The first-order chi connectivity index (χ1) is 14.5. The van der Waals surface area contributed by atoms with Gasteiger partial charge >= 0.3 is 0 Å². The van der Waals surface area contributed by atoms with Gasteiger partial charge in [0.25, 0.3) is 5.56 Å². The van der Waals surface area contributed by atoms with Gasteiger partial charge in [0, 0.05) is 48.4 Å². The zero-order chi connectivity index (χ0) is 21.1. The summed E-state index contributed by atoms with van der Waals surface area (Å²) in [5.74, 6) is 0.449. The lowest BCUT2D eigenvalue weighted by molar-refractivity contribution is 0.192. The molecule has 0 aliphatic heterocycles. The number of hydrogen-bond donors (Lipinski definition) is 0. The Bertz CT molecular complexity index is 1230. The summed E-state index contributed by atoms with van der Waals surface area (Å²) in [7, 11) is 1.77. The van der Waals surface area contributed by atoms with Gasteiger partial charge in [-0.2, -0.15) is 5.10 Å². The van der Waals surface area contributed by atoms with Gasteiger partial charge in [-0.1, -0.05) is 6.07 Å². The second-order valence-electron chi connectivity index (χ2n) is 6.47. The number of rotatable bonds is 6. The minimum atomic E-state index is -0.934. The Labute approximate surface area is 170 Å². The Balaban J connectivity index is 1.81. The average Bonchev–Trinajstić information content (AvgIpc) is 3.15. The van der Waals surface area contributed by atoms with E-state index in [1.807, 2.05) is 0 Å². The molecule has 30 heavy (non-hydrogen) atoms. The Hall–Kier alpha value is -3.94. The normalized spacial score (nSPS) is 10.8. The Kier molecular flexibility index (Phi) is 5.30. The Morgan fingerprint density at radius 3 is 2.50 bits per heavy atom. The number of halogens is 2. The van der Waals surface area contributed by atoms with E-state index < -0.39 is 12.7 Å². The van der Waals surface area contributed by atoms with Crippen molar-refractivity contribution in [2.75, 3.05) is 6.86 Å². The second-order valence-corrected chi connectivity index (χ2v) is 6.47. The van der Waals surface area contributed by atoms with Crippen molar-refractivity contribution in [1.29, 1.82) is 0 Å². The summed E-state index contributed by atoms with van der Waals surface area (Å²) in [5.41, 5.74) is 1.52.